The molecule has 10 nitrogen and oxygen atoms in total. The number of hydrogen-bond acceptors (Lipinski definition) is 7. The molecule has 0 spiro atoms. The largest absolute Gasteiger partial charge is 0.493 e. The van der Waals surface area contributed by atoms with Crippen LogP contribution in [0.3, 0.4) is 0 Å². The quantitative estimate of drug-likeness (QED) is 0.149. The van der Waals surface area contributed by atoms with E-state index in [1.807, 2.05) is 37.3 Å². The maximum atomic E-state index is 13.2. The second kappa shape index (κ2) is 12.7. The molecule has 1 fully saturated rings. The van der Waals surface area contributed by atoms with E-state index in [2.05, 4.69) is 10.3 Å². The molecule has 44 heavy (non-hydrogen) atoms. The van der Waals surface area contributed by atoms with Gasteiger partial charge in [-0.3, -0.25) is 24.8 Å². The zero-order valence-electron chi connectivity index (χ0n) is 25.3. The number of ether oxygens (including phenoxy) is 2. The van der Waals surface area contributed by atoms with E-state index in [0.29, 0.717) is 34.9 Å². The number of carbonyl (C=O) groups excluding carboxylic acids is 2. The number of nitrogens with zero attached hydrogens (tertiary/aromatic N) is 3. The number of amides is 2. The summed E-state index contributed by atoms with van der Waals surface area (Å²) in [6.45, 7) is 8.02. The lowest BCUT2D eigenvalue weighted by Crippen LogP contribution is -2.36. The third-order valence-corrected chi connectivity index (χ3v) is 7.28. The van der Waals surface area contributed by atoms with Gasteiger partial charge >= 0.3 is 6.09 Å². The molecule has 5 rings (SSSR count). The smallest absolute Gasteiger partial charge is 0.410 e. The Hall–Kier alpha value is -4.99. The standard InChI is InChI=1S/C34H36N4O6/c1-22-29(36-32(39)25-11-14-28(15-12-25)43-21-23-9-10-23)16-13-26-17-24(18-35-31(22)26)19-37(33(40)44-34(2,3)4)20-27-7-5-6-8-30(27)38(41)42/h5-8,11-18,23H,9-10,19-21H2,1-4H3,(H,36,39). The van der Waals surface area contributed by atoms with Gasteiger partial charge in [0.1, 0.15) is 11.4 Å². The van der Waals surface area contributed by atoms with Crippen LogP contribution in [0.15, 0.2) is 72.9 Å². The summed E-state index contributed by atoms with van der Waals surface area (Å²) in [6, 6.07) is 19.1. The molecule has 0 atom stereocenters. The molecule has 1 heterocycles. The molecule has 3 aromatic carbocycles. The van der Waals surface area contributed by atoms with Crippen molar-refractivity contribution in [3.8, 4) is 5.75 Å². The van der Waals surface area contributed by atoms with Gasteiger partial charge in [0.2, 0.25) is 0 Å². The Morgan fingerprint density at radius 2 is 1.77 bits per heavy atom. The topological polar surface area (TPSA) is 124 Å². The lowest BCUT2D eigenvalue weighted by atomic mass is 10.1. The lowest BCUT2D eigenvalue weighted by Gasteiger charge is -2.27. The van der Waals surface area contributed by atoms with E-state index >= 15 is 0 Å². The van der Waals surface area contributed by atoms with Gasteiger partial charge in [0.25, 0.3) is 11.6 Å². The first-order valence-electron chi connectivity index (χ1n) is 14.6. The second-order valence-corrected chi connectivity index (χ2v) is 12.1. The molecule has 2 amide bonds. The van der Waals surface area contributed by atoms with Crippen LogP contribution in [0.4, 0.5) is 16.2 Å². The maximum Gasteiger partial charge on any atom is 0.410 e. The number of para-hydroxylation sites is 1. The zero-order valence-corrected chi connectivity index (χ0v) is 25.3. The molecule has 0 unspecified atom stereocenters. The number of anilines is 1. The summed E-state index contributed by atoms with van der Waals surface area (Å²) in [7, 11) is 0. The summed E-state index contributed by atoms with van der Waals surface area (Å²) in [5.74, 6) is 1.17. The first kappa shape index (κ1) is 30.5. The molecule has 0 bridgehead atoms. The number of nitro benzene ring substituents is 1. The Labute approximate surface area is 256 Å². The molecular weight excluding hydrogens is 560 g/mol. The number of benzene rings is 3. The van der Waals surface area contributed by atoms with Crippen molar-refractivity contribution < 1.29 is 24.0 Å². The molecule has 1 saturated carbocycles. The number of hydrogen-bond donors (Lipinski definition) is 1. The van der Waals surface area contributed by atoms with E-state index < -0.39 is 16.6 Å². The predicted molar refractivity (Wildman–Crippen MR) is 168 cm³/mol. The molecule has 1 aromatic heterocycles. The van der Waals surface area contributed by atoms with E-state index in [4.69, 9.17) is 9.47 Å². The van der Waals surface area contributed by atoms with Crippen molar-refractivity contribution in [2.45, 2.75) is 59.2 Å². The fourth-order valence-corrected chi connectivity index (χ4v) is 4.77. The Morgan fingerprint density at radius 3 is 2.45 bits per heavy atom. The minimum Gasteiger partial charge on any atom is -0.493 e. The monoisotopic (exact) mass is 596 g/mol. The summed E-state index contributed by atoms with van der Waals surface area (Å²) in [5, 5.41) is 15.4. The third kappa shape index (κ3) is 7.69. The lowest BCUT2D eigenvalue weighted by molar-refractivity contribution is -0.385. The molecule has 1 aliphatic carbocycles. The average Bonchev–Trinajstić information content (AvgIpc) is 3.81. The molecule has 4 aromatic rings. The third-order valence-electron chi connectivity index (χ3n) is 7.28. The van der Waals surface area contributed by atoms with Crippen LogP contribution in [0.25, 0.3) is 10.9 Å². The van der Waals surface area contributed by atoms with Crippen LogP contribution in [0.2, 0.25) is 0 Å². The molecule has 0 radical (unpaired) electrons. The Morgan fingerprint density at radius 1 is 1.05 bits per heavy atom. The summed E-state index contributed by atoms with van der Waals surface area (Å²) in [6.07, 6.45) is 3.51. The van der Waals surface area contributed by atoms with Gasteiger partial charge in [-0.05, 0) is 94.0 Å². The van der Waals surface area contributed by atoms with Gasteiger partial charge in [0.15, 0.2) is 0 Å². The SMILES string of the molecule is Cc1c(NC(=O)c2ccc(OCC3CC3)cc2)ccc2cc(CN(Cc3ccccc3[N+](=O)[O-])C(=O)OC(C)(C)C)cnc12. The highest BCUT2D eigenvalue weighted by atomic mass is 16.6. The maximum absolute atomic E-state index is 13.2. The summed E-state index contributed by atoms with van der Waals surface area (Å²) < 4.78 is 11.4. The van der Waals surface area contributed by atoms with Gasteiger partial charge in [0, 0.05) is 34.5 Å². The van der Waals surface area contributed by atoms with E-state index in [0.717, 1.165) is 22.3 Å². The molecule has 0 aliphatic heterocycles. The summed E-state index contributed by atoms with van der Waals surface area (Å²) in [5.41, 5.74) is 2.98. The molecule has 10 heteroatoms. The van der Waals surface area contributed by atoms with Gasteiger partial charge < -0.3 is 14.8 Å². The number of carbonyl (C=O) groups is 2. The van der Waals surface area contributed by atoms with Crippen molar-refractivity contribution in [1.29, 1.82) is 0 Å². The fourth-order valence-electron chi connectivity index (χ4n) is 4.77. The van der Waals surface area contributed by atoms with E-state index in [1.165, 1.54) is 23.8 Å². The Bertz CT molecular complexity index is 1690. The van der Waals surface area contributed by atoms with Gasteiger partial charge in [-0.15, -0.1) is 0 Å². The summed E-state index contributed by atoms with van der Waals surface area (Å²) >= 11 is 0. The van der Waals surface area contributed by atoms with E-state index in [9.17, 15) is 19.7 Å². The van der Waals surface area contributed by atoms with Crippen molar-refractivity contribution in [2.75, 3.05) is 11.9 Å². The van der Waals surface area contributed by atoms with Crippen molar-refractivity contribution in [3.05, 3.63) is 105 Å². The summed E-state index contributed by atoms with van der Waals surface area (Å²) in [4.78, 5) is 43.4. The van der Waals surface area contributed by atoms with Crippen LogP contribution in [0, 0.1) is 23.0 Å². The molecular formula is C34H36N4O6. The second-order valence-electron chi connectivity index (χ2n) is 12.1. The fraction of sp³-hybridized carbons (Fsp3) is 0.324. The van der Waals surface area contributed by atoms with Gasteiger partial charge in [-0.25, -0.2) is 4.79 Å². The number of nitrogens with one attached hydrogen (secondary N) is 1. The minimum absolute atomic E-state index is 0.0122. The number of fused-ring (bicyclic) bond motifs is 1. The molecule has 1 aliphatic rings. The Kier molecular flexibility index (Phi) is 8.80. The van der Waals surface area contributed by atoms with Crippen LogP contribution >= 0.6 is 0 Å². The molecule has 228 valence electrons. The van der Waals surface area contributed by atoms with Gasteiger partial charge in [-0.2, -0.15) is 0 Å². The van der Waals surface area contributed by atoms with Crippen molar-refractivity contribution in [2.24, 2.45) is 5.92 Å². The van der Waals surface area contributed by atoms with Crippen LogP contribution in [0.1, 0.15) is 60.7 Å². The van der Waals surface area contributed by atoms with E-state index in [-0.39, 0.29) is 24.7 Å². The van der Waals surface area contributed by atoms with Gasteiger partial charge in [-0.1, -0.05) is 24.3 Å². The minimum atomic E-state index is -0.747. The van der Waals surface area contributed by atoms with Crippen molar-refractivity contribution in [1.82, 2.24) is 9.88 Å². The Balaban J connectivity index is 1.33. The van der Waals surface area contributed by atoms with Gasteiger partial charge in [0.05, 0.1) is 30.1 Å². The average molecular weight is 597 g/mol. The highest BCUT2D eigenvalue weighted by Gasteiger charge is 2.26. The highest BCUT2D eigenvalue weighted by Crippen LogP contribution is 2.30. The van der Waals surface area contributed by atoms with Crippen LogP contribution < -0.4 is 10.1 Å². The number of pyridine rings is 1. The first-order valence-corrected chi connectivity index (χ1v) is 14.6. The highest BCUT2D eigenvalue weighted by molar-refractivity contribution is 6.06. The normalized spacial score (nSPS) is 12.9. The van der Waals surface area contributed by atoms with Crippen LogP contribution in [-0.2, 0) is 17.8 Å². The number of aromatic nitrogens is 1. The first-order chi connectivity index (χ1) is 21.0. The molecule has 1 N–H and O–H groups in total. The number of rotatable bonds is 10. The number of nitro groups is 1. The molecule has 0 saturated heterocycles. The number of aryl methyl sites for hydroxylation is 1. The van der Waals surface area contributed by atoms with Crippen molar-refractivity contribution >= 4 is 34.3 Å². The van der Waals surface area contributed by atoms with Crippen molar-refractivity contribution in [3.63, 3.8) is 0 Å². The van der Waals surface area contributed by atoms with E-state index in [1.54, 1.807) is 57.3 Å². The van der Waals surface area contributed by atoms with Crippen LogP contribution in [-0.4, -0.2) is 39.0 Å². The zero-order chi connectivity index (χ0) is 31.4. The predicted octanol–water partition coefficient (Wildman–Crippen LogP) is 7.43. The van der Waals surface area contributed by atoms with Crippen LogP contribution in [0.5, 0.6) is 5.75 Å².